The van der Waals surface area contributed by atoms with Crippen LogP contribution in [0.25, 0.3) is 0 Å². The van der Waals surface area contributed by atoms with E-state index in [4.69, 9.17) is 4.74 Å². The van der Waals surface area contributed by atoms with Gasteiger partial charge in [-0.15, -0.1) is 12.4 Å². The predicted molar refractivity (Wildman–Crippen MR) is 85.7 cm³/mol. The van der Waals surface area contributed by atoms with E-state index in [2.05, 4.69) is 5.32 Å². The lowest BCUT2D eigenvalue weighted by atomic mass is 10.3. The molecule has 1 heterocycles. The summed E-state index contributed by atoms with van der Waals surface area (Å²) in [6.07, 6.45) is 0.919. The van der Waals surface area contributed by atoms with E-state index in [1.54, 1.807) is 28.6 Å². The Labute approximate surface area is 133 Å². The molecule has 0 aromatic heterocycles. The largest absolute Gasteiger partial charge is 0.491 e. The minimum atomic E-state index is -3.39. The number of sulfonamides is 1. The number of ether oxygens (including phenoxy) is 1. The van der Waals surface area contributed by atoms with E-state index in [1.165, 1.54) is 0 Å². The van der Waals surface area contributed by atoms with E-state index >= 15 is 0 Å². The zero-order chi connectivity index (χ0) is 14.6. The Kier molecular flexibility index (Phi) is 6.93. The molecule has 1 aromatic rings. The van der Waals surface area contributed by atoms with Gasteiger partial charge in [0.05, 0.1) is 11.0 Å². The molecule has 0 aliphatic carbocycles. The first kappa shape index (κ1) is 18.2. The van der Waals surface area contributed by atoms with Crippen molar-refractivity contribution in [1.82, 2.24) is 9.62 Å². The summed E-state index contributed by atoms with van der Waals surface area (Å²) in [5.74, 6) is 0.691. The first-order valence-electron chi connectivity index (χ1n) is 6.98. The molecular formula is C14H23ClN2O3S. The SMILES string of the molecule is CC(C)Oc1ccc(S(=O)(=O)N2CCCNCC2)cc1.Cl. The molecule has 2 rings (SSSR count). The van der Waals surface area contributed by atoms with Crippen LogP contribution in [0.2, 0.25) is 0 Å². The highest BCUT2D eigenvalue weighted by atomic mass is 35.5. The van der Waals surface area contributed by atoms with E-state index in [9.17, 15) is 8.42 Å². The van der Waals surface area contributed by atoms with Crippen LogP contribution >= 0.6 is 12.4 Å². The van der Waals surface area contributed by atoms with E-state index in [1.807, 2.05) is 13.8 Å². The molecule has 5 nitrogen and oxygen atoms in total. The van der Waals surface area contributed by atoms with Crippen LogP contribution in [-0.4, -0.2) is 45.0 Å². The number of nitrogens with one attached hydrogen (secondary N) is 1. The van der Waals surface area contributed by atoms with Gasteiger partial charge in [-0.1, -0.05) is 0 Å². The van der Waals surface area contributed by atoms with Crippen LogP contribution < -0.4 is 10.1 Å². The molecule has 0 amide bonds. The third kappa shape index (κ3) is 4.85. The molecule has 1 fully saturated rings. The molecular weight excluding hydrogens is 312 g/mol. The summed E-state index contributed by atoms with van der Waals surface area (Å²) in [6, 6.07) is 6.66. The number of rotatable bonds is 4. The monoisotopic (exact) mass is 334 g/mol. The van der Waals surface area contributed by atoms with Gasteiger partial charge in [0.1, 0.15) is 5.75 Å². The molecule has 1 aliphatic rings. The van der Waals surface area contributed by atoms with Crippen LogP contribution in [0.15, 0.2) is 29.2 Å². The first-order chi connectivity index (χ1) is 9.50. The van der Waals surface area contributed by atoms with Crippen molar-refractivity contribution < 1.29 is 13.2 Å². The van der Waals surface area contributed by atoms with Gasteiger partial charge < -0.3 is 10.1 Å². The fourth-order valence-corrected chi connectivity index (χ4v) is 3.65. The standard InChI is InChI=1S/C14H22N2O3S.ClH/c1-12(2)19-13-4-6-14(7-5-13)20(17,18)16-10-3-8-15-9-11-16;/h4-7,12,15H,3,8-11H2,1-2H3;1H. The summed E-state index contributed by atoms with van der Waals surface area (Å²) in [5, 5.41) is 3.21. The number of benzene rings is 1. The lowest BCUT2D eigenvalue weighted by Crippen LogP contribution is -2.34. The highest BCUT2D eigenvalue weighted by Gasteiger charge is 2.24. The third-order valence-electron chi connectivity index (χ3n) is 3.13. The smallest absolute Gasteiger partial charge is 0.243 e. The zero-order valence-corrected chi connectivity index (χ0v) is 14.0. The summed E-state index contributed by atoms with van der Waals surface area (Å²) in [6.45, 7) is 6.54. The molecule has 0 radical (unpaired) electrons. The maximum atomic E-state index is 12.5. The van der Waals surface area contributed by atoms with Crippen molar-refractivity contribution in [3.8, 4) is 5.75 Å². The van der Waals surface area contributed by atoms with Crippen molar-refractivity contribution in [2.45, 2.75) is 31.3 Å². The van der Waals surface area contributed by atoms with Gasteiger partial charge in [-0.3, -0.25) is 0 Å². The van der Waals surface area contributed by atoms with E-state index < -0.39 is 10.0 Å². The molecule has 7 heteroatoms. The molecule has 1 saturated heterocycles. The lowest BCUT2D eigenvalue weighted by molar-refractivity contribution is 0.242. The zero-order valence-electron chi connectivity index (χ0n) is 12.4. The second-order valence-corrected chi connectivity index (χ2v) is 7.08. The van der Waals surface area contributed by atoms with Crippen molar-refractivity contribution >= 4 is 22.4 Å². The van der Waals surface area contributed by atoms with Crippen LogP contribution in [0, 0.1) is 0 Å². The Balaban J connectivity index is 0.00000220. The highest BCUT2D eigenvalue weighted by molar-refractivity contribution is 7.89. The van der Waals surface area contributed by atoms with Crippen LogP contribution in [0.3, 0.4) is 0 Å². The Morgan fingerprint density at radius 2 is 1.81 bits per heavy atom. The predicted octanol–water partition coefficient (Wildman–Crippen LogP) is 1.88. The van der Waals surface area contributed by atoms with Crippen molar-refractivity contribution in [2.24, 2.45) is 0 Å². The minimum Gasteiger partial charge on any atom is -0.491 e. The van der Waals surface area contributed by atoms with Gasteiger partial charge in [0.2, 0.25) is 10.0 Å². The van der Waals surface area contributed by atoms with Gasteiger partial charge in [-0.25, -0.2) is 8.42 Å². The number of hydrogen-bond acceptors (Lipinski definition) is 4. The quantitative estimate of drug-likeness (QED) is 0.913. The molecule has 0 bridgehead atoms. The number of halogens is 1. The lowest BCUT2D eigenvalue weighted by Gasteiger charge is -2.19. The fourth-order valence-electron chi connectivity index (χ4n) is 2.17. The average Bonchev–Trinajstić information content (AvgIpc) is 2.68. The van der Waals surface area contributed by atoms with Gasteiger partial charge >= 0.3 is 0 Å². The third-order valence-corrected chi connectivity index (χ3v) is 5.05. The molecule has 0 unspecified atom stereocenters. The van der Waals surface area contributed by atoms with Crippen LogP contribution in [0.1, 0.15) is 20.3 Å². The molecule has 0 spiro atoms. The summed E-state index contributed by atoms with van der Waals surface area (Å²) in [5.41, 5.74) is 0. The summed E-state index contributed by atoms with van der Waals surface area (Å²) < 4.78 is 32.1. The molecule has 0 atom stereocenters. The van der Waals surface area contributed by atoms with Crippen molar-refractivity contribution in [1.29, 1.82) is 0 Å². The van der Waals surface area contributed by atoms with E-state index in [-0.39, 0.29) is 18.5 Å². The van der Waals surface area contributed by atoms with E-state index in [0.717, 1.165) is 13.0 Å². The topological polar surface area (TPSA) is 58.6 Å². The molecule has 21 heavy (non-hydrogen) atoms. The van der Waals surface area contributed by atoms with Gasteiger partial charge in [0.25, 0.3) is 0 Å². The number of hydrogen-bond donors (Lipinski definition) is 1. The second kappa shape index (κ2) is 7.98. The van der Waals surface area contributed by atoms with Crippen LogP contribution in [-0.2, 0) is 10.0 Å². The molecule has 120 valence electrons. The van der Waals surface area contributed by atoms with Gasteiger partial charge in [-0.05, 0) is 51.1 Å². The van der Waals surface area contributed by atoms with Gasteiger partial charge in [-0.2, -0.15) is 4.31 Å². The Morgan fingerprint density at radius 3 is 2.43 bits per heavy atom. The highest BCUT2D eigenvalue weighted by Crippen LogP contribution is 2.20. The molecule has 0 saturated carbocycles. The van der Waals surface area contributed by atoms with Crippen molar-refractivity contribution in [2.75, 3.05) is 26.2 Å². The van der Waals surface area contributed by atoms with Crippen molar-refractivity contribution in [3.05, 3.63) is 24.3 Å². The minimum absolute atomic E-state index is 0. The van der Waals surface area contributed by atoms with Gasteiger partial charge in [0.15, 0.2) is 0 Å². The fraction of sp³-hybridized carbons (Fsp3) is 0.571. The van der Waals surface area contributed by atoms with E-state index in [0.29, 0.717) is 30.3 Å². The summed E-state index contributed by atoms with van der Waals surface area (Å²) in [7, 11) is -3.39. The maximum absolute atomic E-state index is 12.5. The summed E-state index contributed by atoms with van der Waals surface area (Å²) >= 11 is 0. The van der Waals surface area contributed by atoms with Crippen LogP contribution in [0.5, 0.6) is 5.75 Å². The summed E-state index contributed by atoms with van der Waals surface area (Å²) in [4.78, 5) is 0.329. The molecule has 1 aliphatic heterocycles. The normalized spacial score (nSPS) is 17.1. The van der Waals surface area contributed by atoms with Crippen molar-refractivity contribution in [3.63, 3.8) is 0 Å². The Bertz CT molecular complexity index is 524. The first-order valence-corrected chi connectivity index (χ1v) is 8.42. The average molecular weight is 335 g/mol. The number of nitrogens with zero attached hydrogens (tertiary/aromatic N) is 1. The Morgan fingerprint density at radius 1 is 1.14 bits per heavy atom. The van der Waals surface area contributed by atoms with Gasteiger partial charge in [0, 0.05) is 19.6 Å². The molecule has 1 aromatic carbocycles. The maximum Gasteiger partial charge on any atom is 0.243 e. The second-order valence-electron chi connectivity index (χ2n) is 5.15. The Hall–Kier alpha value is -0.820. The molecule has 1 N–H and O–H groups in total. The van der Waals surface area contributed by atoms with Crippen LogP contribution in [0.4, 0.5) is 0 Å².